The van der Waals surface area contributed by atoms with E-state index in [-0.39, 0.29) is 83.8 Å². The van der Waals surface area contributed by atoms with Gasteiger partial charge in [-0.3, -0.25) is 4.79 Å². The molecule has 0 saturated carbocycles. The number of aliphatic hydroxyl groups excluding tert-OH is 1. The molecule has 38 heteroatoms. The van der Waals surface area contributed by atoms with Gasteiger partial charge in [0, 0.05) is 37.9 Å². The molecule has 10 rings (SSSR count). The van der Waals surface area contributed by atoms with Gasteiger partial charge in [-0.25, -0.2) is 19.2 Å². The van der Waals surface area contributed by atoms with Crippen LogP contribution in [0.4, 0.5) is 93.4 Å². The standard InChI is InChI=1S/C32H26F6N2O4.C29H28F6N2O5.C26H22F6N2O5/c1-21(41)24-15-13-23(14-16-24)20-39-29(42)40-30(19-22-7-3-2-4-8-22,25-9-5-11-27(17-25)43-31(33,34)35)26-10-6-12-28(18-26)44-32(36,37)38;1-18(2)14-24(25(38)39)36-26(40)37-27(17-19-8-4-3-5-9-19,20-10-6-12-22(15-20)41-28(30,31)32)21-11-7-13-23(16-21)42-29(33,34)35;27-25(28,29)38-20-10-4-8-18(14-20)24(16-17-6-2-1-3-7-17,34-23(37)33-13-12-22(35)36)19-9-5-11-21(15-19)39-26(30,31)32/h2-18,41H,1,19-20H2,(H2,39,40,42);3-13,15-16,18,24H,14,17H2,1-2H3,(H,38,39)(H2,36,37,40);1-11,14-15H,12-13,16H2,(H,35,36)(H2,33,34,37)/t;24-;/m.1./s1. The molecule has 664 valence electrons. The third-order valence-electron chi connectivity index (χ3n) is 18.0. The Bertz CT molecular complexity index is 5080. The highest BCUT2D eigenvalue weighted by Gasteiger charge is 2.45. The number of carbonyl (C=O) groups excluding carboxylic acids is 3. The molecule has 0 fully saturated rings. The lowest BCUT2D eigenvalue weighted by atomic mass is 9.77. The number of carbonyl (C=O) groups is 5. The Morgan fingerprint density at radius 1 is 0.336 bits per heavy atom. The van der Waals surface area contributed by atoms with Crippen molar-refractivity contribution >= 4 is 35.8 Å². The summed E-state index contributed by atoms with van der Waals surface area (Å²) < 4.78 is 260. The molecule has 0 bridgehead atoms. The van der Waals surface area contributed by atoms with Crippen LogP contribution in [-0.4, -0.2) is 96.1 Å². The lowest BCUT2D eigenvalue weighted by molar-refractivity contribution is -0.275. The highest BCUT2D eigenvalue weighted by Crippen LogP contribution is 2.43. The number of carboxylic acid groups (broad SMARTS) is 2. The minimum absolute atomic E-state index is 0.000115. The summed E-state index contributed by atoms with van der Waals surface area (Å²) >= 11 is 0. The fourth-order valence-electron chi connectivity index (χ4n) is 13.0. The Balaban J connectivity index is 0.000000233. The maximum Gasteiger partial charge on any atom is 0.573 e. The molecule has 0 spiro atoms. The van der Waals surface area contributed by atoms with Gasteiger partial charge in [0.05, 0.1) is 23.0 Å². The Morgan fingerprint density at radius 2 is 0.600 bits per heavy atom. The van der Waals surface area contributed by atoms with Crippen molar-refractivity contribution in [3.63, 3.8) is 0 Å². The number of aliphatic hydroxyl groups is 1. The van der Waals surface area contributed by atoms with E-state index in [1.807, 2.05) is 0 Å². The average molecular weight is 1770 g/mol. The fourth-order valence-corrected chi connectivity index (χ4v) is 13.0. The van der Waals surface area contributed by atoms with E-state index in [1.54, 1.807) is 129 Å². The number of nitrogens with one attached hydrogen (secondary N) is 6. The van der Waals surface area contributed by atoms with Crippen molar-refractivity contribution in [2.75, 3.05) is 6.54 Å². The third-order valence-corrected chi connectivity index (χ3v) is 18.0. The summed E-state index contributed by atoms with van der Waals surface area (Å²) in [5.41, 5.74) is -2.26. The Labute approximate surface area is 700 Å². The summed E-state index contributed by atoms with van der Waals surface area (Å²) in [5.74, 6) is -6.54. The highest BCUT2D eigenvalue weighted by atomic mass is 19.4. The summed E-state index contributed by atoms with van der Waals surface area (Å²) in [7, 11) is 0. The largest absolute Gasteiger partial charge is 0.573 e. The van der Waals surface area contributed by atoms with E-state index in [9.17, 15) is 113 Å². The molecule has 10 aromatic rings. The number of benzene rings is 10. The van der Waals surface area contributed by atoms with Crippen LogP contribution < -0.4 is 60.3 Å². The molecule has 125 heavy (non-hydrogen) atoms. The number of ether oxygens (including phenoxy) is 6. The van der Waals surface area contributed by atoms with Gasteiger partial charge in [-0.05, 0) is 141 Å². The second-order valence-electron chi connectivity index (χ2n) is 27.8. The lowest BCUT2D eigenvalue weighted by Gasteiger charge is -2.37. The van der Waals surface area contributed by atoms with Crippen LogP contribution in [-0.2, 0) is 52.0 Å². The number of halogens is 18. The Morgan fingerprint density at radius 3 is 0.840 bits per heavy atom. The smallest absolute Gasteiger partial charge is 0.508 e. The summed E-state index contributed by atoms with van der Waals surface area (Å²) in [5, 5.41) is 43.6. The van der Waals surface area contributed by atoms with Crippen LogP contribution in [0.15, 0.2) is 267 Å². The van der Waals surface area contributed by atoms with Crippen molar-refractivity contribution < 1.29 is 147 Å². The predicted octanol–water partition coefficient (Wildman–Crippen LogP) is 20.5. The Kier molecular flexibility index (Phi) is 32.2. The number of hydrogen-bond donors (Lipinski definition) is 9. The molecule has 0 aromatic heterocycles. The number of aliphatic carboxylic acids is 2. The topological polar surface area (TPSA) is 274 Å². The van der Waals surface area contributed by atoms with Crippen molar-refractivity contribution in [1.29, 1.82) is 0 Å². The molecule has 1 atom stereocenters. The summed E-state index contributed by atoms with van der Waals surface area (Å²) in [6.07, 6.45) is -31.0. The maximum absolute atomic E-state index is 13.5. The van der Waals surface area contributed by atoms with Crippen LogP contribution in [0.3, 0.4) is 0 Å². The molecule has 6 amide bonds. The highest BCUT2D eigenvalue weighted by molar-refractivity contribution is 5.84. The quantitative estimate of drug-likeness (QED) is 0.0144. The zero-order chi connectivity index (χ0) is 91.8. The maximum atomic E-state index is 13.5. The third kappa shape index (κ3) is 31.2. The van der Waals surface area contributed by atoms with Gasteiger partial charge in [-0.15, -0.1) is 79.0 Å². The zero-order valence-corrected chi connectivity index (χ0v) is 65.3. The number of carboxylic acids is 2. The van der Waals surface area contributed by atoms with Gasteiger partial charge in [0.1, 0.15) is 46.3 Å². The van der Waals surface area contributed by atoms with Crippen molar-refractivity contribution in [2.24, 2.45) is 5.92 Å². The van der Waals surface area contributed by atoms with E-state index < -0.39 is 132 Å². The van der Waals surface area contributed by atoms with Crippen LogP contribution in [0.1, 0.15) is 87.9 Å². The van der Waals surface area contributed by atoms with Gasteiger partial charge < -0.3 is 75.6 Å². The monoisotopic (exact) mass is 1770 g/mol. The van der Waals surface area contributed by atoms with Gasteiger partial charge in [0.2, 0.25) is 0 Å². The van der Waals surface area contributed by atoms with Crippen LogP contribution in [0.2, 0.25) is 0 Å². The van der Waals surface area contributed by atoms with E-state index in [2.05, 4.69) is 66.9 Å². The molecule has 9 N–H and O–H groups in total. The fraction of sp³-hybridized carbons (Fsp3) is 0.230. The first-order valence-corrected chi connectivity index (χ1v) is 37.0. The number of urea groups is 3. The minimum atomic E-state index is -5.06. The molecule has 0 aliphatic heterocycles. The van der Waals surface area contributed by atoms with Crippen LogP contribution >= 0.6 is 0 Å². The molecule has 20 nitrogen and oxygen atoms in total. The van der Waals surface area contributed by atoms with Crippen LogP contribution in [0.25, 0.3) is 5.76 Å². The molecule has 0 aliphatic carbocycles. The summed E-state index contributed by atoms with van der Waals surface area (Å²) in [6, 6.07) is 55.9. The number of alkyl halides is 18. The second kappa shape index (κ2) is 41.7. The van der Waals surface area contributed by atoms with Crippen LogP contribution in [0, 0.1) is 5.92 Å². The molecule has 10 aromatic carbocycles. The first kappa shape index (κ1) is 96.5. The van der Waals surface area contributed by atoms with Gasteiger partial charge in [0.25, 0.3) is 0 Å². The van der Waals surface area contributed by atoms with Gasteiger partial charge in [-0.1, -0.05) is 208 Å². The molecular formula is C87H76F18N6O14. The van der Waals surface area contributed by atoms with E-state index in [0.29, 0.717) is 27.8 Å². The molecule has 0 unspecified atom stereocenters. The van der Waals surface area contributed by atoms with Gasteiger partial charge >= 0.3 is 68.2 Å². The first-order chi connectivity index (χ1) is 58.5. The predicted molar refractivity (Wildman–Crippen MR) is 416 cm³/mol. The van der Waals surface area contributed by atoms with Crippen molar-refractivity contribution in [3.05, 3.63) is 329 Å². The van der Waals surface area contributed by atoms with Crippen LogP contribution in [0.5, 0.6) is 34.5 Å². The number of amides is 6. The normalized spacial score (nSPS) is 12.2. The Hall–Kier alpha value is -14.0. The molecule has 0 heterocycles. The second-order valence-corrected chi connectivity index (χ2v) is 27.8. The van der Waals surface area contributed by atoms with E-state index in [4.69, 9.17) is 5.11 Å². The van der Waals surface area contributed by atoms with E-state index >= 15 is 0 Å². The van der Waals surface area contributed by atoms with E-state index in [0.717, 1.165) is 72.8 Å². The molecular weight excluding hydrogens is 1690 g/mol. The van der Waals surface area contributed by atoms with Crippen molar-refractivity contribution in [1.82, 2.24) is 31.9 Å². The van der Waals surface area contributed by atoms with E-state index in [1.165, 1.54) is 72.8 Å². The molecule has 0 aliphatic rings. The first-order valence-electron chi connectivity index (χ1n) is 37.0. The SMILES string of the molecule is C=C(O)c1ccc(CNC(=O)NC(Cc2ccccc2)(c2cccc(OC(F)(F)F)c2)c2cccc(OC(F)(F)F)c2)cc1.CC(C)C[C@@H](NC(=O)NC(Cc1ccccc1)(c1cccc(OC(F)(F)F)c1)c1cccc(OC(F)(F)F)c1)C(=O)O.O=C(O)CCNC(=O)NC(Cc1ccccc1)(c1cccc(OC(F)(F)F)c1)c1cccc(OC(F)(F)F)c1. The van der Waals surface area contributed by atoms with Crippen molar-refractivity contribution in [3.8, 4) is 34.5 Å². The molecule has 0 saturated heterocycles. The van der Waals surface area contributed by atoms with Crippen molar-refractivity contribution in [2.45, 2.75) is 113 Å². The number of hydrogen-bond acceptors (Lipinski definition) is 12. The number of rotatable bonds is 31. The average Bonchev–Trinajstić information content (AvgIpc) is 0.770. The van der Waals surface area contributed by atoms with Gasteiger partial charge in [0.15, 0.2) is 0 Å². The van der Waals surface area contributed by atoms with Gasteiger partial charge in [-0.2, -0.15) is 0 Å². The molecule has 0 radical (unpaired) electrons. The summed E-state index contributed by atoms with van der Waals surface area (Å²) in [6.45, 7) is 6.64. The zero-order valence-electron chi connectivity index (χ0n) is 65.3. The summed E-state index contributed by atoms with van der Waals surface area (Å²) in [4.78, 5) is 62.6. The lowest BCUT2D eigenvalue weighted by Crippen LogP contribution is -2.55. The minimum Gasteiger partial charge on any atom is -0.508 e.